The number of ketones is 1. The summed E-state index contributed by atoms with van der Waals surface area (Å²) in [5.74, 6) is 0.494. The average molecular weight is 473 g/mol. The quantitative estimate of drug-likeness (QED) is 0.468. The van der Waals surface area contributed by atoms with Gasteiger partial charge in [-0.2, -0.15) is 0 Å². The number of hydrogen-bond donors (Lipinski definition) is 0. The van der Waals surface area contributed by atoms with E-state index in [4.69, 9.17) is 9.47 Å². The highest BCUT2D eigenvalue weighted by Gasteiger charge is 2.67. The Morgan fingerprint density at radius 3 is 2.00 bits per heavy atom. The summed E-state index contributed by atoms with van der Waals surface area (Å²) in [5, 5.41) is 0. The van der Waals surface area contributed by atoms with Gasteiger partial charge in [-0.15, -0.1) is 0 Å². The number of fused-ring (bicyclic) bond motifs is 5. The van der Waals surface area contributed by atoms with Crippen LogP contribution < -0.4 is 0 Å². The van der Waals surface area contributed by atoms with Gasteiger partial charge in [0, 0.05) is 24.8 Å². The fraction of sp³-hybridized carbons (Fsp3) is 0.828. The standard InChI is InChI=1S/C29H44O5/c1-17(30)20-16-29(8)23(14-21(20)33-18(2)31)28(7)13-10-22-26(4,5)11-9-12-27(22,6)24(28)15-25(29)34-19(3)32/h16,21-25H,9-15H2,1-8H3/t21-,22-,23+,24+,25+,27+,28+,29-/m1/s1. The molecule has 5 heteroatoms. The lowest BCUT2D eigenvalue weighted by Gasteiger charge is -2.69. The van der Waals surface area contributed by atoms with Crippen molar-refractivity contribution >= 4 is 17.7 Å². The zero-order valence-electron chi connectivity index (χ0n) is 22.5. The van der Waals surface area contributed by atoms with Crippen molar-refractivity contribution in [3.63, 3.8) is 0 Å². The third kappa shape index (κ3) is 3.76. The van der Waals surface area contributed by atoms with Gasteiger partial charge in [0.1, 0.15) is 12.2 Å². The van der Waals surface area contributed by atoms with Gasteiger partial charge in [-0.1, -0.05) is 47.1 Å². The molecule has 0 unspecified atom stereocenters. The predicted octanol–water partition coefficient (Wildman–Crippen LogP) is 6.04. The van der Waals surface area contributed by atoms with Crippen molar-refractivity contribution in [2.75, 3.05) is 0 Å². The summed E-state index contributed by atoms with van der Waals surface area (Å²) >= 11 is 0. The summed E-state index contributed by atoms with van der Waals surface area (Å²) in [4.78, 5) is 36.9. The van der Waals surface area contributed by atoms with Gasteiger partial charge in [0.05, 0.1) is 0 Å². The molecule has 0 N–H and O–H groups in total. The van der Waals surface area contributed by atoms with Crippen LogP contribution in [0.15, 0.2) is 11.6 Å². The third-order valence-electron chi connectivity index (χ3n) is 10.8. The topological polar surface area (TPSA) is 69.7 Å². The molecule has 4 aliphatic rings. The molecular weight excluding hydrogens is 428 g/mol. The molecule has 3 fully saturated rings. The second kappa shape index (κ2) is 8.20. The van der Waals surface area contributed by atoms with E-state index >= 15 is 0 Å². The summed E-state index contributed by atoms with van der Waals surface area (Å²) in [6, 6.07) is 0. The molecule has 34 heavy (non-hydrogen) atoms. The zero-order chi connectivity index (χ0) is 25.3. The minimum absolute atomic E-state index is 0.0152. The van der Waals surface area contributed by atoms with Crippen LogP contribution in [0, 0.1) is 39.4 Å². The highest BCUT2D eigenvalue weighted by atomic mass is 16.5. The summed E-state index contributed by atoms with van der Waals surface area (Å²) in [5.41, 5.74) is 0.576. The number of hydrogen-bond acceptors (Lipinski definition) is 5. The molecule has 0 aromatic heterocycles. The first-order valence-electron chi connectivity index (χ1n) is 13.2. The molecule has 0 heterocycles. The van der Waals surface area contributed by atoms with Crippen LogP contribution in [-0.2, 0) is 23.9 Å². The lowest BCUT2D eigenvalue weighted by atomic mass is 9.35. The van der Waals surface area contributed by atoms with Gasteiger partial charge in [0.25, 0.3) is 0 Å². The lowest BCUT2D eigenvalue weighted by molar-refractivity contribution is -0.227. The van der Waals surface area contributed by atoms with Crippen LogP contribution in [0.1, 0.15) is 100 Å². The van der Waals surface area contributed by atoms with Gasteiger partial charge >= 0.3 is 11.9 Å². The average Bonchev–Trinajstić information content (AvgIpc) is 2.68. The number of ether oxygens (including phenoxy) is 2. The Morgan fingerprint density at radius 1 is 0.794 bits per heavy atom. The van der Waals surface area contributed by atoms with Gasteiger partial charge in [-0.05, 0) is 79.4 Å². The maximum Gasteiger partial charge on any atom is 0.303 e. The minimum atomic E-state index is -0.532. The Kier molecular flexibility index (Phi) is 6.13. The van der Waals surface area contributed by atoms with Gasteiger partial charge < -0.3 is 9.47 Å². The molecule has 0 saturated heterocycles. The van der Waals surface area contributed by atoms with Crippen LogP contribution in [0.4, 0.5) is 0 Å². The van der Waals surface area contributed by atoms with E-state index in [2.05, 4.69) is 34.6 Å². The van der Waals surface area contributed by atoms with Crippen molar-refractivity contribution in [3.8, 4) is 0 Å². The van der Waals surface area contributed by atoms with E-state index in [0.717, 1.165) is 12.8 Å². The fourth-order valence-corrected chi connectivity index (χ4v) is 9.55. The Hall–Kier alpha value is -1.65. The smallest absolute Gasteiger partial charge is 0.303 e. The molecule has 0 radical (unpaired) electrons. The monoisotopic (exact) mass is 472 g/mol. The second-order valence-electron chi connectivity index (χ2n) is 13.2. The Morgan fingerprint density at radius 2 is 1.41 bits per heavy atom. The SMILES string of the molecule is CC(=O)O[C@H]1C[C@H]2[C@@]3(C)CCCC(C)(C)[C@H]3CC[C@@]2(C)[C@@H]2C[C@@H](OC(C)=O)C(C(C)=O)=C[C@@]12C. The molecule has 0 amide bonds. The first-order chi connectivity index (χ1) is 15.6. The molecule has 4 rings (SSSR count). The molecule has 0 aliphatic heterocycles. The van der Waals surface area contributed by atoms with E-state index in [1.54, 1.807) is 0 Å². The second-order valence-corrected chi connectivity index (χ2v) is 13.2. The van der Waals surface area contributed by atoms with E-state index < -0.39 is 11.5 Å². The molecule has 0 aromatic carbocycles. The Labute approximate surface area is 205 Å². The largest absolute Gasteiger partial charge is 0.462 e. The molecule has 8 atom stereocenters. The van der Waals surface area contributed by atoms with Crippen molar-refractivity contribution < 1.29 is 23.9 Å². The van der Waals surface area contributed by atoms with Crippen LogP contribution in [0.5, 0.6) is 0 Å². The summed E-state index contributed by atoms with van der Waals surface area (Å²) < 4.78 is 11.8. The van der Waals surface area contributed by atoms with Crippen LogP contribution in [0.3, 0.4) is 0 Å². The first-order valence-corrected chi connectivity index (χ1v) is 13.2. The minimum Gasteiger partial charge on any atom is -0.462 e. The first kappa shape index (κ1) is 25.4. The number of carbonyl (C=O) groups excluding carboxylic acids is 3. The van der Waals surface area contributed by atoms with Crippen LogP contribution in [0.2, 0.25) is 0 Å². The number of carbonyl (C=O) groups is 3. The third-order valence-corrected chi connectivity index (χ3v) is 10.8. The highest BCUT2D eigenvalue weighted by molar-refractivity contribution is 5.95. The van der Waals surface area contributed by atoms with E-state index in [0.29, 0.717) is 29.2 Å². The Bertz CT molecular complexity index is 917. The molecule has 5 nitrogen and oxygen atoms in total. The van der Waals surface area contributed by atoms with Gasteiger partial charge in [-0.25, -0.2) is 0 Å². The fourth-order valence-electron chi connectivity index (χ4n) is 9.55. The zero-order valence-corrected chi connectivity index (χ0v) is 22.5. The molecule has 0 bridgehead atoms. The van der Waals surface area contributed by atoms with E-state index in [-0.39, 0.29) is 40.6 Å². The molecule has 0 spiro atoms. The molecule has 4 aliphatic carbocycles. The van der Waals surface area contributed by atoms with Gasteiger partial charge in [0.2, 0.25) is 0 Å². The number of Topliss-reactive ketones (excluding diaryl/α,β-unsaturated/α-hetero) is 1. The maximum absolute atomic E-state index is 12.6. The molecule has 190 valence electrons. The van der Waals surface area contributed by atoms with Gasteiger partial charge in [0.15, 0.2) is 5.78 Å². The highest BCUT2D eigenvalue weighted by Crippen LogP contribution is 2.72. The van der Waals surface area contributed by atoms with E-state index in [1.807, 2.05) is 6.08 Å². The maximum atomic E-state index is 12.6. The van der Waals surface area contributed by atoms with Crippen molar-refractivity contribution in [2.45, 2.75) is 113 Å². The summed E-state index contributed by atoms with van der Waals surface area (Å²) in [7, 11) is 0. The van der Waals surface area contributed by atoms with Crippen molar-refractivity contribution in [3.05, 3.63) is 11.6 Å². The van der Waals surface area contributed by atoms with E-state index in [9.17, 15) is 14.4 Å². The number of rotatable bonds is 3. The normalized spacial score (nSPS) is 45.1. The summed E-state index contributed by atoms with van der Waals surface area (Å²) in [6.45, 7) is 16.4. The lowest BCUT2D eigenvalue weighted by Crippen LogP contribution is -2.65. The predicted molar refractivity (Wildman–Crippen MR) is 131 cm³/mol. The van der Waals surface area contributed by atoms with Crippen molar-refractivity contribution in [2.24, 2.45) is 39.4 Å². The van der Waals surface area contributed by atoms with Crippen molar-refractivity contribution in [1.82, 2.24) is 0 Å². The van der Waals surface area contributed by atoms with Crippen LogP contribution >= 0.6 is 0 Å². The van der Waals surface area contributed by atoms with Gasteiger partial charge in [-0.3, -0.25) is 14.4 Å². The van der Waals surface area contributed by atoms with E-state index in [1.165, 1.54) is 46.5 Å². The number of esters is 2. The van der Waals surface area contributed by atoms with Crippen LogP contribution in [-0.4, -0.2) is 29.9 Å². The molecular formula is C29H44O5. The van der Waals surface area contributed by atoms with Crippen molar-refractivity contribution in [1.29, 1.82) is 0 Å². The Balaban J connectivity index is 1.85. The molecule has 3 saturated carbocycles. The van der Waals surface area contributed by atoms with Crippen LogP contribution in [0.25, 0.3) is 0 Å². The summed E-state index contributed by atoms with van der Waals surface area (Å²) in [6.07, 6.45) is 8.65. The molecule has 0 aromatic rings.